The van der Waals surface area contributed by atoms with Crippen LogP contribution >= 0.6 is 0 Å². The van der Waals surface area contributed by atoms with Gasteiger partial charge >= 0.3 is 0 Å². The van der Waals surface area contributed by atoms with Gasteiger partial charge in [-0.15, -0.1) is 0 Å². The minimum absolute atomic E-state index is 0.00460. The first-order valence-electron chi connectivity index (χ1n) is 22.1. The molecule has 0 aromatic carbocycles. The summed E-state index contributed by atoms with van der Waals surface area (Å²) < 4.78 is 0. The molecule has 0 saturated carbocycles. The maximum atomic E-state index is 12.4. The Morgan fingerprint density at radius 1 is 0.500 bits per heavy atom. The smallest absolute Gasteiger partial charge is 0.222 e. The van der Waals surface area contributed by atoms with Crippen LogP contribution in [0.4, 0.5) is 0 Å². The second-order valence-corrected chi connectivity index (χ2v) is 15.3. The Labute approximate surface area is 312 Å². The van der Waals surface area contributed by atoms with Crippen LogP contribution < -0.4 is 5.32 Å². The van der Waals surface area contributed by atoms with E-state index in [1.54, 1.807) is 6.08 Å². The van der Waals surface area contributed by atoms with Gasteiger partial charge in [-0.2, -0.15) is 0 Å². The zero-order chi connectivity index (χ0) is 36.6. The first kappa shape index (κ1) is 48.8. The fourth-order valence-electron chi connectivity index (χ4n) is 6.81. The van der Waals surface area contributed by atoms with Crippen molar-refractivity contribution in [3.8, 4) is 0 Å². The molecule has 5 heteroatoms. The average Bonchev–Trinajstić information content (AvgIpc) is 3.11. The summed E-state index contributed by atoms with van der Waals surface area (Å²) in [5.74, 6) is -0.323. The van der Waals surface area contributed by atoms with E-state index >= 15 is 0 Å². The molecule has 0 spiro atoms. The molecular formula is C45H87NO4. The number of carbonyl (C=O) groups is 1. The van der Waals surface area contributed by atoms with E-state index in [2.05, 4.69) is 31.3 Å². The molecule has 0 aliphatic heterocycles. The highest BCUT2D eigenvalue weighted by molar-refractivity contribution is 5.76. The molecule has 3 atom stereocenters. The lowest BCUT2D eigenvalue weighted by Crippen LogP contribution is -2.45. The van der Waals surface area contributed by atoms with Crippen molar-refractivity contribution < 1.29 is 20.1 Å². The van der Waals surface area contributed by atoms with E-state index in [9.17, 15) is 20.1 Å². The minimum Gasteiger partial charge on any atom is -0.394 e. The van der Waals surface area contributed by atoms with Crippen molar-refractivity contribution in [3.63, 3.8) is 0 Å². The molecule has 0 saturated heterocycles. The SMILES string of the molecule is CCCCCCCCC/C=C\CCCCCC(O)CC(=O)NC(CO)C(O)/C=C/CCCCCCCCCCCCCCCCCCCCC. The Morgan fingerprint density at radius 3 is 1.22 bits per heavy atom. The van der Waals surface area contributed by atoms with E-state index < -0.39 is 18.2 Å². The van der Waals surface area contributed by atoms with Crippen molar-refractivity contribution in [1.82, 2.24) is 5.32 Å². The summed E-state index contributed by atoms with van der Waals surface area (Å²) in [6.07, 6.45) is 48.9. The Kier molecular flexibility index (Phi) is 39.6. The van der Waals surface area contributed by atoms with Gasteiger partial charge in [-0.3, -0.25) is 4.79 Å². The zero-order valence-electron chi connectivity index (χ0n) is 33.5. The van der Waals surface area contributed by atoms with E-state index in [0.717, 1.165) is 38.5 Å². The molecule has 0 radical (unpaired) electrons. The highest BCUT2D eigenvalue weighted by atomic mass is 16.3. The predicted octanol–water partition coefficient (Wildman–Crippen LogP) is 12.6. The fourth-order valence-corrected chi connectivity index (χ4v) is 6.81. The van der Waals surface area contributed by atoms with E-state index in [-0.39, 0.29) is 18.9 Å². The molecule has 0 aromatic heterocycles. The van der Waals surface area contributed by atoms with E-state index in [1.807, 2.05) is 6.08 Å². The Hall–Kier alpha value is -1.17. The molecule has 1 amide bonds. The fraction of sp³-hybridized carbons (Fsp3) is 0.889. The Morgan fingerprint density at radius 2 is 0.840 bits per heavy atom. The van der Waals surface area contributed by atoms with Crippen molar-refractivity contribution >= 4 is 5.91 Å². The molecule has 3 unspecified atom stereocenters. The molecule has 5 nitrogen and oxygen atoms in total. The number of allylic oxidation sites excluding steroid dienone is 3. The first-order chi connectivity index (χ1) is 24.5. The van der Waals surface area contributed by atoms with Gasteiger partial charge in [0.1, 0.15) is 0 Å². The van der Waals surface area contributed by atoms with Gasteiger partial charge in [0, 0.05) is 0 Å². The van der Waals surface area contributed by atoms with Crippen molar-refractivity contribution in [1.29, 1.82) is 0 Å². The number of hydrogen-bond donors (Lipinski definition) is 4. The first-order valence-corrected chi connectivity index (χ1v) is 22.1. The highest BCUT2D eigenvalue weighted by Gasteiger charge is 2.20. The molecular weight excluding hydrogens is 618 g/mol. The number of amides is 1. The minimum atomic E-state index is -0.930. The number of aliphatic hydroxyl groups excluding tert-OH is 3. The van der Waals surface area contributed by atoms with Crippen molar-refractivity contribution in [3.05, 3.63) is 24.3 Å². The number of nitrogens with one attached hydrogen (secondary N) is 1. The predicted molar refractivity (Wildman–Crippen MR) is 218 cm³/mol. The van der Waals surface area contributed by atoms with Crippen LogP contribution in [0.3, 0.4) is 0 Å². The lowest BCUT2D eigenvalue weighted by atomic mass is 10.0. The molecule has 0 aliphatic rings. The number of aliphatic hydroxyl groups is 3. The topological polar surface area (TPSA) is 89.8 Å². The van der Waals surface area contributed by atoms with Gasteiger partial charge in [0.25, 0.3) is 0 Å². The van der Waals surface area contributed by atoms with Gasteiger partial charge in [-0.25, -0.2) is 0 Å². The third kappa shape index (κ3) is 36.6. The van der Waals surface area contributed by atoms with Crippen LogP contribution in [0, 0.1) is 0 Å². The summed E-state index contributed by atoms with van der Waals surface area (Å²) in [5.41, 5.74) is 0. The summed E-state index contributed by atoms with van der Waals surface area (Å²) in [7, 11) is 0. The lowest BCUT2D eigenvalue weighted by molar-refractivity contribution is -0.124. The molecule has 0 aromatic rings. The van der Waals surface area contributed by atoms with Gasteiger partial charge in [-0.05, 0) is 44.9 Å². The van der Waals surface area contributed by atoms with Crippen LogP contribution in [0.15, 0.2) is 24.3 Å². The van der Waals surface area contributed by atoms with Crippen molar-refractivity contribution in [2.24, 2.45) is 0 Å². The van der Waals surface area contributed by atoms with E-state index in [4.69, 9.17) is 0 Å². The van der Waals surface area contributed by atoms with Crippen LogP contribution in [0.1, 0.15) is 232 Å². The lowest BCUT2D eigenvalue weighted by Gasteiger charge is -2.21. The largest absolute Gasteiger partial charge is 0.394 e. The van der Waals surface area contributed by atoms with Gasteiger partial charge in [0.2, 0.25) is 5.91 Å². The zero-order valence-corrected chi connectivity index (χ0v) is 33.5. The second-order valence-electron chi connectivity index (χ2n) is 15.3. The molecule has 0 fully saturated rings. The van der Waals surface area contributed by atoms with Gasteiger partial charge in [0.05, 0.1) is 31.3 Å². The highest BCUT2D eigenvalue weighted by Crippen LogP contribution is 2.16. The maximum Gasteiger partial charge on any atom is 0.222 e. The molecule has 0 rings (SSSR count). The van der Waals surface area contributed by atoms with Crippen LogP contribution in [0.5, 0.6) is 0 Å². The van der Waals surface area contributed by atoms with Crippen LogP contribution in [0.2, 0.25) is 0 Å². The van der Waals surface area contributed by atoms with E-state index in [1.165, 1.54) is 167 Å². The normalized spacial score (nSPS) is 13.8. The Balaban J connectivity index is 3.66. The van der Waals surface area contributed by atoms with Crippen molar-refractivity contribution in [2.75, 3.05) is 6.61 Å². The monoisotopic (exact) mass is 706 g/mol. The standard InChI is InChI=1S/C45H87NO4/c1-3-5-7-9-11-13-15-17-19-20-21-22-23-24-25-27-29-31-33-35-37-39-44(49)43(41-47)46-45(50)40-42(48)38-36-34-32-30-28-26-18-16-14-12-10-8-6-4-2/h26,28,37,39,42-44,47-49H,3-25,27,29-36,38,40-41H2,1-2H3,(H,46,50)/b28-26-,39-37+. The molecule has 0 aliphatic carbocycles. The van der Waals surface area contributed by atoms with Gasteiger partial charge < -0.3 is 20.6 Å². The summed E-state index contributed by atoms with van der Waals surface area (Å²) in [5, 5.41) is 33.2. The van der Waals surface area contributed by atoms with E-state index in [0.29, 0.717) is 6.42 Å². The number of hydrogen-bond acceptors (Lipinski definition) is 4. The van der Waals surface area contributed by atoms with Crippen LogP contribution in [0.25, 0.3) is 0 Å². The molecule has 0 heterocycles. The average molecular weight is 706 g/mol. The van der Waals surface area contributed by atoms with Crippen molar-refractivity contribution in [2.45, 2.75) is 250 Å². The summed E-state index contributed by atoms with van der Waals surface area (Å²) in [6, 6.07) is -0.746. The van der Waals surface area contributed by atoms with Crippen LogP contribution in [-0.4, -0.2) is 46.1 Å². The quantitative estimate of drug-likeness (QED) is 0.0377. The summed E-state index contributed by atoms with van der Waals surface area (Å²) >= 11 is 0. The van der Waals surface area contributed by atoms with Crippen LogP contribution in [-0.2, 0) is 4.79 Å². The van der Waals surface area contributed by atoms with Gasteiger partial charge in [-0.1, -0.05) is 205 Å². The Bertz CT molecular complexity index is 739. The molecule has 4 N–H and O–H groups in total. The third-order valence-electron chi connectivity index (χ3n) is 10.2. The summed E-state index contributed by atoms with van der Waals surface area (Å²) in [6.45, 7) is 4.21. The van der Waals surface area contributed by atoms with Gasteiger partial charge in [0.15, 0.2) is 0 Å². The molecule has 296 valence electrons. The molecule has 0 bridgehead atoms. The maximum absolute atomic E-state index is 12.4. The number of carbonyl (C=O) groups excluding carboxylic acids is 1. The number of unbranched alkanes of at least 4 members (excludes halogenated alkanes) is 29. The third-order valence-corrected chi connectivity index (χ3v) is 10.2. The number of rotatable bonds is 40. The second kappa shape index (κ2) is 40.6. The summed E-state index contributed by atoms with van der Waals surface area (Å²) in [4.78, 5) is 12.4. The molecule has 50 heavy (non-hydrogen) atoms.